The number of hydrogen-bond acceptors (Lipinski definition) is 6. The molecular formula is C16H19N7. The fraction of sp³-hybridized carbons (Fsp3) is 0.375. The van der Waals surface area contributed by atoms with E-state index in [1.165, 1.54) is 0 Å². The number of nitrogens with zero attached hydrogens (tertiary/aromatic N) is 7. The summed E-state index contributed by atoms with van der Waals surface area (Å²) in [4.78, 5) is 22.3. The van der Waals surface area contributed by atoms with Crippen LogP contribution in [0, 0.1) is 6.92 Å². The SMILES string of the molecule is Cc1ccnc(N(C)C2CCN(c3nccn4ccnc34)C2)n1. The normalized spacial score (nSPS) is 17.8. The molecule has 7 nitrogen and oxygen atoms in total. The number of rotatable bonds is 3. The lowest BCUT2D eigenvalue weighted by atomic mass is 10.2. The van der Waals surface area contributed by atoms with Crippen LogP contribution in [0.15, 0.2) is 37.1 Å². The number of anilines is 2. The second-order valence-corrected chi connectivity index (χ2v) is 5.91. The van der Waals surface area contributed by atoms with Crippen LogP contribution in [-0.2, 0) is 0 Å². The van der Waals surface area contributed by atoms with Gasteiger partial charge in [-0.05, 0) is 19.4 Å². The molecule has 0 bridgehead atoms. The molecule has 3 aromatic heterocycles. The van der Waals surface area contributed by atoms with Crippen LogP contribution in [0.1, 0.15) is 12.1 Å². The van der Waals surface area contributed by atoms with E-state index < -0.39 is 0 Å². The lowest BCUT2D eigenvalue weighted by Crippen LogP contribution is -2.36. The van der Waals surface area contributed by atoms with Gasteiger partial charge in [0.1, 0.15) is 0 Å². The smallest absolute Gasteiger partial charge is 0.225 e. The minimum absolute atomic E-state index is 0.369. The Morgan fingerprint density at radius 1 is 1.13 bits per heavy atom. The number of imidazole rings is 1. The third-order valence-corrected chi connectivity index (χ3v) is 4.40. The zero-order valence-corrected chi connectivity index (χ0v) is 13.3. The molecule has 23 heavy (non-hydrogen) atoms. The standard InChI is InChI=1S/C16H19N7/c1-12-3-5-19-16(20-12)21(2)13-4-8-23(11-13)15-14-17-6-9-22(14)10-7-18-15/h3,5-7,9-10,13H,4,8,11H2,1-2H3. The van der Waals surface area contributed by atoms with Crippen LogP contribution in [-0.4, -0.2) is 50.5 Å². The molecule has 4 heterocycles. The van der Waals surface area contributed by atoms with E-state index in [9.17, 15) is 0 Å². The van der Waals surface area contributed by atoms with Gasteiger partial charge >= 0.3 is 0 Å². The van der Waals surface area contributed by atoms with Gasteiger partial charge in [-0.25, -0.2) is 19.9 Å². The van der Waals surface area contributed by atoms with Gasteiger partial charge < -0.3 is 14.2 Å². The molecule has 0 N–H and O–H groups in total. The largest absolute Gasteiger partial charge is 0.351 e. The Balaban J connectivity index is 1.56. The van der Waals surface area contributed by atoms with Crippen molar-refractivity contribution in [1.82, 2.24) is 24.3 Å². The third-order valence-electron chi connectivity index (χ3n) is 4.40. The molecule has 1 aliphatic heterocycles. The molecule has 1 aliphatic rings. The van der Waals surface area contributed by atoms with Gasteiger partial charge in [-0.1, -0.05) is 0 Å². The Kier molecular flexibility index (Phi) is 3.33. The Hall–Kier alpha value is -2.70. The van der Waals surface area contributed by atoms with E-state index >= 15 is 0 Å². The predicted octanol–water partition coefficient (Wildman–Crippen LogP) is 1.54. The summed E-state index contributed by atoms with van der Waals surface area (Å²) in [5.74, 6) is 1.72. The Bertz CT molecular complexity index is 828. The maximum absolute atomic E-state index is 4.53. The molecule has 4 rings (SSSR count). The fourth-order valence-electron chi connectivity index (χ4n) is 3.08. The maximum atomic E-state index is 4.53. The zero-order chi connectivity index (χ0) is 15.8. The van der Waals surface area contributed by atoms with Crippen LogP contribution in [0.25, 0.3) is 5.65 Å². The summed E-state index contributed by atoms with van der Waals surface area (Å²) in [5, 5.41) is 0. The maximum Gasteiger partial charge on any atom is 0.225 e. The van der Waals surface area contributed by atoms with E-state index in [4.69, 9.17) is 0 Å². The minimum atomic E-state index is 0.369. The van der Waals surface area contributed by atoms with Gasteiger partial charge in [0.2, 0.25) is 5.95 Å². The van der Waals surface area contributed by atoms with Crippen molar-refractivity contribution in [2.45, 2.75) is 19.4 Å². The van der Waals surface area contributed by atoms with Crippen molar-refractivity contribution in [3.05, 3.63) is 42.7 Å². The van der Waals surface area contributed by atoms with E-state index in [1.54, 1.807) is 6.20 Å². The molecule has 118 valence electrons. The second-order valence-electron chi connectivity index (χ2n) is 5.91. The van der Waals surface area contributed by atoms with Crippen molar-refractivity contribution >= 4 is 17.4 Å². The molecule has 0 spiro atoms. The van der Waals surface area contributed by atoms with Gasteiger partial charge in [-0.3, -0.25) is 0 Å². The van der Waals surface area contributed by atoms with Crippen molar-refractivity contribution in [2.75, 3.05) is 29.9 Å². The number of aromatic nitrogens is 5. The number of hydrogen-bond donors (Lipinski definition) is 0. The Morgan fingerprint density at radius 2 is 1.96 bits per heavy atom. The average molecular weight is 309 g/mol. The lowest BCUT2D eigenvalue weighted by Gasteiger charge is -2.25. The fourth-order valence-corrected chi connectivity index (χ4v) is 3.08. The van der Waals surface area contributed by atoms with Crippen LogP contribution in [0.4, 0.5) is 11.8 Å². The highest BCUT2D eigenvalue weighted by Crippen LogP contribution is 2.25. The van der Waals surface area contributed by atoms with Crippen molar-refractivity contribution in [3.63, 3.8) is 0 Å². The van der Waals surface area contributed by atoms with Crippen molar-refractivity contribution in [3.8, 4) is 0 Å². The van der Waals surface area contributed by atoms with E-state index in [-0.39, 0.29) is 0 Å². The molecule has 3 aromatic rings. The molecule has 0 aromatic carbocycles. The molecular weight excluding hydrogens is 290 g/mol. The first kappa shape index (κ1) is 13.9. The average Bonchev–Trinajstić information content (AvgIpc) is 3.23. The summed E-state index contributed by atoms with van der Waals surface area (Å²) >= 11 is 0. The highest BCUT2D eigenvalue weighted by atomic mass is 15.3. The molecule has 1 fully saturated rings. The number of likely N-dealkylation sites (N-methyl/N-ethyl adjacent to an activating group) is 1. The summed E-state index contributed by atoms with van der Waals surface area (Å²) in [6.07, 6.45) is 10.4. The Labute approximate surface area is 134 Å². The molecule has 1 atom stereocenters. The monoisotopic (exact) mass is 309 g/mol. The summed E-state index contributed by atoms with van der Waals surface area (Å²) < 4.78 is 2.00. The van der Waals surface area contributed by atoms with Crippen LogP contribution in [0.3, 0.4) is 0 Å². The van der Waals surface area contributed by atoms with Crippen LogP contribution in [0.5, 0.6) is 0 Å². The van der Waals surface area contributed by atoms with Gasteiger partial charge in [-0.15, -0.1) is 0 Å². The first-order valence-corrected chi connectivity index (χ1v) is 7.77. The van der Waals surface area contributed by atoms with Gasteiger partial charge in [-0.2, -0.15) is 0 Å². The quantitative estimate of drug-likeness (QED) is 0.731. The van der Waals surface area contributed by atoms with Crippen molar-refractivity contribution < 1.29 is 0 Å². The highest BCUT2D eigenvalue weighted by molar-refractivity contribution is 5.64. The summed E-state index contributed by atoms with van der Waals surface area (Å²) in [6.45, 7) is 3.84. The van der Waals surface area contributed by atoms with Crippen molar-refractivity contribution in [1.29, 1.82) is 0 Å². The van der Waals surface area contributed by atoms with Gasteiger partial charge in [0.05, 0.1) is 6.04 Å². The highest BCUT2D eigenvalue weighted by Gasteiger charge is 2.29. The zero-order valence-electron chi connectivity index (χ0n) is 13.3. The number of fused-ring (bicyclic) bond motifs is 1. The molecule has 0 amide bonds. The Morgan fingerprint density at radius 3 is 2.78 bits per heavy atom. The summed E-state index contributed by atoms with van der Waals surface area (Å²) in [6, 6.07) is 2.29. The van der Waals surface area contributed by atoms with Gasteiger partial charge in [0.25, 0.3) is 0 Å². The topological polar surface area (TPSA) is 62.5 Å². The first-order valence-electron chi connectivity index (χ1n) is 7.77. The van der Waals surface area contributed by atoms with E-state index in [2.05, 4.69) is 36.8 Å². The molecule has 1 unspecified atom stereocenters. The van der Waals surface area contributed by atoms with E-state index in [0.717, 1.165) is 42.6 Å². The van der Waals surface area contributed by atoms with Crippen molar-refractivity contribution in [2.24, 2.45) is 0 Å². The third kappa shape index (κ3) is 2.48. The lowest BCUT2D eigenvalue weighted by molar-refractivity contribution is 0.672. The molecule has 7 heteroatoms. The van der Waals surface area contributed by atoms with Crippen LogP contribution < -0.4 is 9.80 Å². The van der Waals surface area contributed by atoms with Crippen LogP contribution >= 0.6 is 0 Å². The summed E-state index contributed by atoms with van der Waals surface area (Å²) in [7, 11) is 2.06. The molecule has 0 radical (unpaired) electrons. The first-order chi connectivity index (χ1) is 11.2. The van der Waals surface area contributed by atoms with Crippen LogP contribution in [0.2, 0.25) is 0 Å². The van der Waals surface area contributed by atoms with Gasteiger partial charge in [0, 0.05) is 56.8 Å². The van der Waals surface area contributed by atoms with E-state index in [1.807, 2.05) is 42.2 Å². The van der Waals surface area contributed by atoms with Gasteiger partial charge in [0.15, 0.2) is 11.5 Å². The number of aryl methyl sites for hydroxylation is 1. The molecule has 1 saturated heterocycles. The minimum Gasteiger partial charge on any atom is -0.351 e. The summed E-state index contributed by atoms with van der Waals surface area (Å²) in [5.41, 5.74) is 1.89. The molecule has 0 saturated carbocycles. The van der Waals surface area contributed by atoms with E-state index in [0.29, 0.717) is 6.04 Å². The molecule has 0 aliphatic carbocycles. The second kappa shape index (κ2) is 5.49. The predicted molar refractivity (Wildman–Crippen MR) is 88.8 cm³/mol.